The van der Waals surface area contributed by atoms with Gasteiger partial charge in [0, 0.05) is 18.4 Å². The molecule has 1 aliphatic carbocycles. The molecular formula is C16H19N5O2S. The fourth-order valence-electron chi connectivity index (χ4n) is 2.69. The first-order valence-electron chi connectivity index (χ1n) is 8.10. The summed E-state index contributed by atoms with van der Waals surface area (Å²) in [5.41, 5.74) is 1.02. The Morgan fingerprint density at radius 2 is 2.29 bits per heavy atom. The number of carbonyl (C=O) groups is 1. The largest absolute Gasteiger partial charge is 0.342 e. The molecule has 3 aromatic heterocycles. The van der Waals surface area contributed by atoms with Gasteiger partial charge in [-0.25, -0.2) is 0 Å². The second-order valence-electron chi connectivity index (χ2n) is 6.50. The standard InChI is InChI=1S/C16H19N5O2S/c1-8(2)13-10-6-11(24-16(10)21(3)19-13)15(22)17-7-12-18-14(20-23-12)9-4-5-9/h6,8-9H,4-5,7H2,1-3H3,(H,17,22). The van der Waals surface area contributed by atoms with Crippen LogP contribution in [0.2, 0.25) is 0 Å². The zero-order chi connectivity index (χ0) is 16.8. The predicted octanol–water partition coefficient (Wildman–Crippen LogP) is 2.95. The summed E-state index contributed by atoms with van der Waals surface area (Å²) in [5.74, 6) is 1.85. The van der Waals surface area contributed by atoms with Crippen molar-refractivity contribution in [2.24, 2.45) is 7.05 Å². The maximum atomic E-state index is 12.4. The van der Waals surface area contributed by atoms with Crippen LogP contribution in [0, 0.1) is 0 Å². The van der Waals surface area contributed by atoms with Gasteiger partial charge in [0.15, 0.2) is 5.82 Å². The highest BCUT2D eigenvalue weighted by atomic mass is 32.1. The average molecular weight is 345 g/mol. The molecule has 1 N–H and O–H groups in total. The van der Waals surface area contributed by atoms with Crippen molar-refractivity contribution in [3.63, 3.8) is 0 Å². The van der Waals surface area contributed by atoms with Gasteiger partial charge in [-0.05, 0) is 24.8 Å². The molecule has 3 aromatic rings. The van der Waals surface area contributed by atoms with E-state index >= 15 is 0 Å². The van der Waals surface area contributed by atoms with E-state index in [4.69, 9.17) is 4.52 Å². The molecule has 24 heavy (non-hydrogen) atoms. The monoisotopic (exact) mass is 345 g/mol. The lowest BCUT2D eigenvalue weighted by molar-refractivity contribution is 0.0950. The third-order valence-corrected chi connectivity index (χ3v) is 5.34. The summed E-state index contributed by atoms with van der Waals surface area (Å²) >= 11 is 1.45. The summed E-state index contributed by atoms with van der Waals surface area (Å²) in [6, 6.07) is 1.92. The highest BCUT2D eigenvalue weighted by Gasteiger charge is 2.28. The second-order valence-corrected chi connectivity index (χ2v) is 7.53. The van der Waals surface area contributed by atoms with E-state index in [2.05, 4.69) is 34.4 Å². The summed E-state index contributed by atoms with van der Waals surface area (Å²) in [7, 11) is 1.91. The summed E-state index contributed by atoms with van der Waals surface area (Å²) in [6.07, 6.45) is 2.25. The average Bonchev–Trinajstić information content (AvgIpc) is 3.01. The van der Waals surface area contributed by atoms with Gasteiger partial charge in [0.1, 0.15) is 4.83 Å². The number of rotatable bonds is 5. The number of nitrogens with one attached hydrogen (secondary N) is 1. The second kappa shape index (κ2) is 5.70. The van der Waals surface area contributed by atoms with Gasteiger partial charge < -0.3 is 9.84 Å². The minimum atomic E-state index is -0.128. The minimum Gasteiger partial charge on any atom is -0.342 e. The quantitative estimate of drug-likeness (QED) is 0.768. The molecule has 7 nitrogen and oxygen atoms in total. The van der Waals surface area contributed by atoms with E-state index in [-0.39, 0.29) is 12.5 Å². The molecule has 1 fully saturated rings. The van der Waals surface area contributed by atoms with Crippen molar-refractivity contribution in [3.05, 3.63) is 28.4 Å². The van der Waals surface area contributed by atoms with Crippen LogP contribution in [0.4, 0.5) is 0 Å². The molecule has 0 unspecified atom stereocenters. The van der Waals surface area contributed by atoms with Gasteiger partial charge in [0.25, 0.3) is 5.91 Å². The number of nitrogens with zero attached hydrogens (tertiary/aromatic N) is 4. The van der Waals surface area contributed by atoms with Gasteiger partial charge in [-0.15, -0.1) is 11.3 Å². The molecule has 0 radical (unpaired) electrons. The Hall–Kier alpha value is -2.22. The van der Waals surface area contributed by atoms with Gasteiger partial charge in [0.2, 0.25) is 5.89 Å². The van der Waals surface area contributed by atoms with Crippen LogP contribution in [0.5, 0.6) is 0 Å². The van der Waals surface area contributed by atoms with E-state index in [1.54, 1.807) is 0 Å². The maximum Gasteiger partial charge on any atom is 0.261 e. The van der Waals surface area contributed by atoms with E-state index in [0.29, 0.717) is 22.6 Å². The van der Waals surface area contributed by atoms with Crippen molar-refractivity contribution in [3.8, 4) is 0 Å². The van der Waals surface area contributed by atoms with Crippen molar-refractivity contribution < 1.29 is 9.32 Å². The first-order chi connectivity index (χ1) is 11.5. The lowest BCUT2D eigenvalue weighted by atomic mass is 10.1. The molecule has 0 aliphatic heterocycles. The smallest absolute Gasteiger partial charge is 0.261 e. The molecule has 1 amide bonds. The summed E-state index contributed by atoms with van der Waals surface area (Å²) < 4.78 is 7.02. The van der Waals surface area contributed by atoms with Crippen molar-refractivity contribution >= 4 is 27.5 Å². The third kappa shape index (κ3) is 2.71. The number of hydrogen-bond acceptors (Lipinski definition) is 6. The van der Waals surface area contributed by atoms with E-state index < -0.39 is 0 Å². The Labute approximate surface area is 143 Å². The Balaban J connectivity index is 1.49. The number of carbonyl (C=O) groups excluding carboxylic acids is 1. The molecule has 8 heteroatoms. The lowest BCUT2D eigenvalue weighted by Gasteiger charge is -2.00. The molecular weight excluding hydrogens is 326 g/mol. The van der Waals surface area contributed by atoms with Crippen LogP contribution in [0.15, 0.2) is 10.6 Å². The molecule has 1 saturated carbocycles. The fraction of sp³-hybridized carbons (Fsp3) is 0.500. The molecule has 3 heterocycles. The third-order valence-electron chi connectivity index (χ3n) is 4.14. The number of aryl methyl sites for hydroxylation is 1. The summed E-state index contributed by atoms with van der Waals surface area (Å²) in [4.78, 5) is 18.4. The topological polar surface area (TPSA) is 85.8 Å². The number of amides is 1. The predicted molar refractivity (Wildman–Crippen MR) is 90.1 cm³/mol. The molecule has 0 atom stereocenters. The maximum absolute atomic E-state index is 12.4. The number of thiophene rings is 1. The van der Waals surface area contributed by atoms with Crippen molar-refractivity contribution in [2.45, 2.75) is 45.1 Å². The molecule has 0 aromatic carbocycles. The van der Waals surface area contributed by atoms with Crippen LogP contribution in [-0.2, 0) is 13.6 Å². The SMILES string of the molecule is CC(C)c1nn(C)c2sc(C(=O)NCc3nc(C4CC4)no3)cc12. The highest BCUT2D eigenvalue weighted by Crippen LogP contribution is 2.38. The summed E-state index contributed by atoms with van der Waals surface area (Å²) in [5, 5.41) is 12.4. The van der Waals surface area contributed by atoms with E-state index in [1.165, 1.54) is 11.3 Å². The summed E-state index contributed by atoms with van der Waals surface area (Å²) in [6.45, 7) is 4.46. The van der Waals surface area contributed by atoms with E-state index in [1.807, 2.05) is 17.8 Å². The van der Waals surface area contributed by atoms with Gasteiger partial charge in [-0.1, -0.05) is 19.0 Å². The molecule has 1 aliphatic rings. The lowest BCUT2D eigenvalue weighted by Crippen LogP contribution is -2.22. The van der Waals surface area contributed by atoms with Crippen LogP contribution < -0.4 is 5.32 Å². The van der Waals surface area contributed by atoms with E-state index in [0.717, 1.165) is 34.6 Å². The number of fused-ring (bicyclic) bond motifs is 1. The van der Waals surface area contributed by atoms with Gasteiger partial charge in [-0.2, -0.15) is 10.1 Å². The Bertz CT molecular complexity index is 903. The van der Waals surface area contributed by atoms with Gasteiger partial charge in [-0.3, -0.25) is 9.48 Å². The molecule has 0 spiro atoms. The van der Waals surface area contributed by atoms with Crippen molar-refractivity contribution in [1.29, 1.82) is 0 Å². The molecule has 4 rings (SSSR count). The normalized spacial score (nSPS) is 14.7. The minimum absolute atomic E-state index is 0.128. The number of aromatic nitrogens is 4. The highest BCUT2D eigenvalue weighted by molar-refractivity contribution is 7.20. The Kier molecular flexibility index (Phi) is 3.64. The van der Waals surface area contributed by atoms with Gasteiger partial charge >= 0.3 is 0 Å². The molecule has 126 valence electrons. The van der Waals surface area contributed by atoms with Crippen LogP contribution in [-0.4, -0.2) is 25.8 Å². The number of hydrogen-bond donors (Lipinski definition) is 1. The fourth-order valence-corrected chi connectivity index (χ4v) is 3.69. The van der Waals surface area contributed by atoms with Crippen LogP contribution in [0.3, 0.4) is 0 Å². The Morgan fingerprint density at radius 1 is 1.50 bits per heavy atom. The first kappa shape index (κ1) is 15.3. The molecule has 0 bridgehead atoms. The van der Waals surface area contributed by atoms with Crippen molar-refractivity contribution in [1.82, 2.24) is 25.2 Å². The van der Waals surface area contributed by atoms with Gasteiger partial charge in [0.05, 0.1) is 17.1 Å². The zero-order valence-electron chi connectivity index (χ0n) is 13.9. The van der Waals surface area contributed by atoms with Crippen molar-refractivity contribution in [2.75, 3.05) is 0 Å². The van der Waals surface area contributed by atoms with Crippen LogP contribution >= 0.6 is 11.3 Å². The van der Waals surface area contributed by atoms with Crippen LogP contribution in [0.25, 0.3) is 10.2 Å². The van der Waals surface area contributed by atoms with E-state index in [9.17, 15) is 4.79 Å². The first-order valence-corrected chi connectivity index (χ1v) is 8.91. The Morgan fingerprint density at radius 3 is 3.00 bits per heavy atom. The zero-order valence-corrected chi connectivity index (χ0v) is 14.7. The van der Waals surface area contributed by atoms with Crippen LogP contribution in [0.1, 0.15) is 65.6 Å². The molecule has 0 saturated heterocycles.